The number of Topliss-reactive ketones (excluding diaryl/α,β-unsaturated/α-hetero) is 1. The Balaban J connectivity index is 1.18. The Morgan fingerprint density at radius 1 is 0.897 bits per heavy atom. The number of piperazine rings is 1. The van der Waals surface area contributed by atoms with E-state index < -0.39 is 0 Å². The van der Waals surface area contributed by atoms with E-state index in [4.69, 9.17) is 4.99 Å². The molecule has 0 radical (unpaired) electrons. The number of fused-ring (bicyclic) bond motifs is 3. The van der Waals surface area contributed by atoms with Crippen molar-refractivity contribution in [3.63, 3.8) is 0 Å². The third kappa shape index (κ3) is 4.20. The highest BCUT2D eigenvalue weighted by Gasteiger charge is 2.41. The SMILES string of the molecule is O=C1CN=C2C3=C(C=NNC3c3ccccc3)C=C1C2c1cccc(C(=O)N2CCN(C(=O)C3CC3)CC2)c1. The lowest BCUT2D eigenvalue weighted by molar-refractivity contribution is -0.134. The number of allylic oxidation sites excluding steroid dienone is 2. The van der Waals surface area contributed by atoms with E-state index in [-0.39, 0.29) is 42.0 Å². The van der Waals surface area contributed by atoms with Crippen molar-refractivity contribution in [3.8, 4) is 0 Å². The third-order valence-corrected chi connectivity index (χ3v) is 8.30. The molecule has 3 aliphatic heterocycles. The van der Waals surface area contributed by atoms with Crippen LogP contribution in [-0.2, 0) is 9.59 Å². The number of hydrazone groups is 1. The van der Waals surface area contributed by atoms with Gasteiger partial charge in [0.25, 0.3) is 5.91 Å². The van der Waals surface area contributed by atoms with Crippen LogP contribution in [0.15, 0.2) is 87.5 Å². The second-order valence-electron chi connectivity index (χ2n) is 10.8. The van der Waals surface area contributed by atoms with Crippen LogP contribution in [0.5, 0.6) is 0 Å². The van der Waals surface area contributed by atoms with Gasteiger partial charge in [-0.2, -0.15) is 5.10 Å². The molecule has 0 spiro atoms. The lowest BCUT2D eigenvalue weighted by Gasteiger charge is -2.37. The van der Waals surface area contributed by atoms with Crippen molar-refractivity contribution in [3.05, 3.63) is 94.1 Å². The number of carbonyl (C=O) groups excluding carboxylic acids is 3. The van der Waals surface area contributed by atoms with Crippen LogP contribution in [0.3, 0.4) is 0 Å². The lowest BCUT2D eigenvalue weighted by Crippen LogP contribution is -2.51. The van der Waals surface area contributed by atoms with E-state index in [0.717, 1.165) is 40.8 Å². The van der Waals surface area contributed by atoms with Crippen molar-refractivity contribution >= 4 is 29.5 Å². The molecule has 1 saturated heterocycles. The molecule has 2 aromatic rings. The van der Waals surface area contributed by atoms with Gasteiger partial charge in [0.2, 0.25) is 5.91 Å². The maximum absolute atomic E-state index is 13.5. The first-order chi connectivity index (χ1) is 19.1. The molecule has 0 aromatic heterocycles. The van der Waals surface area contributed by atoms with Gasteiger partial charge >= 0.3 is 0 Å². The Hall–Kier alpha value is -4.33. The van der Waals surface area contributed by atoms with Crippen molar-refractivity contribution < 1.29 is 14.4 Å². The molecule has 2 amide bonds. The van der Waals surface area contributed by atoms with Crippen molar-refractivity contribution in [2.45, 2.75) is 24.8 Å². The fraction of sp³-hybridized carbons (Fsp3) is 0.323. The van der Waals surface area contributed by atoms with Gasteiger partial charge < -0.3 is 9.80 Å². The summed E-state index contributed by atoms with van der Waals surface area (Å²) in [5.74, 6) is 0.0296. The monoisotopic (exact) mass is 519 g/mol. The summed E-state index contributed by atoms with van der Waals surface area (Å²) in [7, 11) is 0. The zero-order chi connectivity index (χ0) is 26.5. The highest BCUT2D eigenvalue weighted by molar-refractivity contribution is 6.22. The average molecular weight is 520 g/mol. The predicted octanol–water partition coefficient (Wildman–Crippen LogP) is 3.06. The van der Waals surface area contributed by atoms with E-state index in [0.29, 0.717) is 37.3 Å². The number of aliphatic imine (C=N–C) groups is 1. The summed E-state index contributed by atoms with van der Waals surface area (Å²) in [4.78, 5) is 47.5. The molecule has 196 valence electrons. The molecule has 1 N–H and O–H groups in total. The van der Waals surface area contributed by atoms with E-state index >= 15 is 0 Å². The first-order valence-corrected chi connectivity index (χ1v) is 13.6. The Kier molecular flexibility index (Phi) is 5.76. The number of carbonyl (C=O) groups is 3. The summed E-state index contributed by atoms with van der Waals surface area (Å²) in [6, 6.07) is 17.5. The van der Waals surface area contributed by atoms with Gasteiger partial charge in [-0.3, -0.25) is 24.8 Å². The molecule has 8 heteroatoms. The minimum Gasteiger partial charge on any atom is -0.339 e. The van der Waals surface area contributed by atoms with Gasteiger partial charge in [0, 0.05) is 54.4 Å². The number of ketones is 1. The zero-order valence-electron chi connectivity index (χ0n) is 21.5. The minimum atomic E-state index is -0.342. The van der Waals surface area contributed by atoms with Crippen LogP contribution in [0.4, 0.5) is 0 Å². The molecule has 2 bridgehead atoms. The molecule has 2 atom stereocenters. The first-order valence-electron chi connectivity index (χ1n) is 13.6. The highest BCUT2D eigenvalue weighted by Crippen LogP contribution is 2.43. The molecule has 2 unspecified atom stereocenters. The van der Waals surface area contributed by atoms with Gasteiger partial charge in [0.05, 0.1) is 23.9 Å². The molecular weight excluding hydrogens is 490 g/mol. The number of hydrogen-bond acceptors (Lipinski definition) is 6. The topological polar surface area (TPSA) is 94.4 Å². The smallest absolute Gasteiger partial charge is 0.253 e. The van der Waals surface area contributed by atoms with Crippen molar-refractivity contribution in [1.29, 1.82) is 0 Å². The van der Waals surface area contributed by atoms with E-state index in [1.54, 1.807) is 6.21 Å². The molecule has 8 nitrogen and oxygen atoms in total. The van der Waals surface area contributed by atoms with E-state index in [1.165, 1.54) is 0 Å². The second kappa shape index (κ2) is 9.45. The van der Waals surface area contributed by atoms with Gasteiger partial charge in [-0.25, -0.2) is 0 Å². The zero-order valence-corrected chi connectivity index (χ0v) is 21.5. The molecule has 2 fully saturated rings. The summed E-state index contributed by atoms with van der Waals surface area (Å²) in [6.07, 6.45) is 5.69. The largest absolute Gasteiger partial charge is 0.339 e. The number of nitrogens with zero attached hydrogens (tertiary/aromatic N) is 4. The number of rotatable bonds is 4. The van der Waals surface area contributed by atoms with E-state index in [9.17, 15) is 14.4 Å². The molecule has 2 aromatic carbocycles. The van der Waals surface area contributed by atoms with Crippen LogP contribution in [0.25, 0.3) is 0 Å². The third-order valence-electron chi connectivity index (χ3n) is 8.30. The van der Waals surface area contributed by atoms with Crippen LogP contribution in [0.2, 0.25) is 0 Å². The van der Waals surface area contributed by atoms with Gasteiger partial charge in [0.1, 0.15) is 6.54 Å². The van der Waals surface area contributed by atoms with Crippen LogP contribution in [-0.4, -0.2) is 72.0 Å². The van der Waals surface area contributed by atoms with Crippen molar-refractivity contribution in [2.24, 2.45) is 16.0 Å². The Bertz CT molecular complexity index is 1490. The number of nitrogens with one attached hydrogen (secondary N) is 1. The Labute approximate surface area is 226 Å². The lowest BCUT2D eigenvalue weighted by atomic mass is 9.72. The molecule has 39 heavy (non-hydrogen) atoms. The average Bonchev–Trinajstić information content (AvgIpc) is 3.84. The Morgan fingerprint density at radius 2 is 1.64 bits per heavy atom. The molecule has 1 saturated carbocycles. The van der Waals surface area contributed by atoms with Crippen molar-refractivity contribution in [2.75, 3.05) is 32.7 Å². The number of amides is 2. The van der Waals surface area contributed by atoms with Gasteiger partial charge in [-0.1, -0.05) is 42.5 Å². The summed E-state index contributed by atoms with van der Waals surface area (Å²) < 4.78 is 0. The normalized spacial score (nSPS) is 24.1. The quantitative estimate of drug-likeness (QED) is 0.672. The highest BCUT2D eigenvalue weighted by atomic mass is 16.2. The maximum atomic E-state index is 13.5. The predicted molar refractivity (Wildman–Crippen MR) is 148 cm³/mol. The summed E-state index contributed by atoms with van der Waals surface area (Å²) in [5, 5.41) is 4.37. The fourth-order valence-corrected chi connectivity index (χ4v) is 6.09. The van der Waals surface area contributed by atoms with Gasteiger partial charge in [0.15, 0.2) is 5.78 Å². The maximum Gasteiger partial charge on any atom is 0.253 e. The van der Waals surface area contributed by atoms with Crippen LogP contribution in [0, 0.1) is 5.92 Å². The summed E-state index contributed by atoms with van der Waals surface area (Å²) in [5.41, 5.74) is 9.24. The summed E-state index contributed by atoms with van der Waals surface area (Å²) >= 11 is 0. The number of hydrogen-bond donors (Lipinski definition) is 1. The molecule has 3 heterocycles. The van der Waals surface area contributed by atoms with Crippen LogP contribution >= 0.6 is 0 Å². The van der Waals surface area contributed by atoms with Gasteiger partial charge in [-0.05, 0) is 42.2 Å². The first kappa shape index (κ1) is 23.8. The van der Waals surface area contributed by atoms with E-state index in [1.807, 2.05) is 58.3 Å². The molecule has 7 rings (SSSR count). The van der Waals surface area contributed by atoms with Crippen LogP contribution in [0.1, 0.15) is 46.3 Å². The summed E-state index contributed by atoms with van der Waals surface area (Å²) in [6.45, 7) is 2.33. The van der Waals surface area contributed by atoms with Crippen LogP contribution < -0.4 is 5.43 Å². The van der Waals surface area contributed by atoms with Gasteiger partial charge in [-0.15, -0.1) is 0 Å². The standard InChI is InChI=1S/C31H29N5O3/c37-25-18-32-29-26(24(25)16-23-17-33-34-28(27(23)29)19-5-2-1-3-6-19)21-7-4-8-22(15-21)31(39)36-13-11-35(12-14-36)30(38)20-9-10-20/h1-8,15-17,20,26,28,34H,9-14,18H2. The second-order valence-corrected chi connectivity index (χ2v) is 10.8. The molecule has 2 aliphatic carbocycles. The minimum absolute atomic E-state index is 0.00771. The van der Waals surface area contributed by atoms with Crippen molar-refractivity contribution in [1.82, 2.24) is 15.2 Å². The molecular formula is C31H29N5O3. The number of benzene rings is 2. The van der Waals surface area contributed by atoms with E-state index in [2.05, 4.69) is 22.7 Å². The fourth-order valence-electron chi connectivity index (χ4n) is 6.09. The Morgan fingerprint density at radius 3 is 2.41 bits per heavy atom. The molecule has 5 aliphatic rings.